The van der Waals surface area contributed by atoms with Crippen molar-refractivity contribution in [2.75, 3.05) is 7.11 Å². The number of benzene rings is 2. The average Bonchev–Trinajstić information content (AvgIpc) is 2.48. The normalized spacial score (nSPS) is 10.6. The van der Waals surface area contributed by atoms with E-state index < -0.39 is 0 Å². The van der Waals surface area contributed by atoms with Gasteiger partial charge in [-0.05, 0) is 41.0 Å². The van der Waals surface area contributed by atoms with E-state index in [0.717, 1.165) is 22.4 Å². The lowest BCUT2D eigenvalue weighted by Crippen LogP contribution is -2.04. The predicted octanol–water partition coefficient (Wildman–Crippen LogP) is 3.01. The van der Waals surface area contributed by atoms with Crippen LogP contribution in [-0.4, -0.2) is 7.11 Å². The summed E-state index contributed by atoms with van der Waals surface area (Å²) < 4.78 is 23.9. The Morgan fingerprint density at radius 3 is 2.40 bits per heavy atom. The van der Waals surface area contributed by atoms with Gasteiger partial charge < -0.3 is 15.2 Å². The minimum absolute atomic E-state index is 0.273. The maximum absolute atomic E-state index is 13.2. The Kier molecular flexibility index (Phi) is 5.09. The third-order valence-electron chi connectivity index (χ3n) is 3.07. The van der Waals surface area contributed by atoms with Crippen molar-refractivity contribution < 1.29 is 13.9 Å². The highest BCUT2D eigenvalue weighted by atomic mass is 19.1. The molecule has 0 atom stereocenters. The van der Waals surface area contributed by atoms with Crippen molar-refractivity contribution in [3.05, 3.63) is 65.0 Å². The molecule has 0 bridgehead atoms. The van der Waals surface area contributed by atoms with Crippen LogP contribution < -0.4 is 10.5 Å². The van der Waals surface area contributed by atoms with Gasteiger partial charge in [0.2, 0.25) is 0 Å². The molecular formula is C16H18FNO2. The molecule has 0 heterocycles. The van der Waals surface area contributed by atoms with Gasteiger partial charge in [-0.15, -0.1) is 0 Å². The molecule has 0 unspecified atom stereocenters. The largest absolute Gasteiger partial charge is 0.497 e. The summed E-state index contributed by atoms with van der Waals surface area (Å²) in [5.74, 6) is 0.537. The van der Waals surface area contributed by atoms with Crippen molar-refractivity contribution >= 4 is 0 Å². The highest BCUT2D eigenvalue weighted by molar-refractivity contribution is 5.28. The molecule has 2 aromatic carbocycles. The van der Waals surface area contributed by atoms with Crippen molar-refractivity contribution in [1.29, 1.82) is 0 Å². The summed E-state index contributed by atoms with van der Waals surface area (Å²) in [6.45, 7) is 1.18. The van der Waals surface area contributed by atoms with Crippen LogP contribution >= 0.6 is 0 Å². The van der Waals surface area contributed by atoms with Crippen LogP contribution in [0.5, 0.6) is 5.75 Å². The Labute approximate surface area is 118 Å². The van der Waals surface area contributed by atoms with Crippen molar-refractivity contribution in [3.63, 3.8) is 0 Å². The van der Waals surface area contributed by atoms with Gasteiger partial charge in [0.15, 0.2) is 0 Å². The zero-order valence-electron chi connectivity index (χ0n) is 11.4. The van der Waals surface area contributed by atoms with Crippen molar-refractivity contribution in [1.82, 2.24) is 0 Å². The number of ether oxygens (including phenoxy) is 2. The second-order valence-corrected chi connectivity index (χ2v) is 4.46. The van der Waals surface area contributed by atoms with Gasteiger partial charge >= 0.3 is 0 Å². The fraction of sp³-hybridized carbons (Fsp3) is 0.250. The Morgan fingerprint density at radius 2 is 1.75 bits per heavy atom. The van der Waals surface area contributed by atoms with Gasteiger partial charge in [0.05, 0.1) is 20.3 Å². The molecule has 20 heavy (non-hydrogen) atoms. The van der Waals surface area contributed by atoms with Gasteiger partial charge in [-0.3, -0.25) is 0 Å². The SMILES string of the molecule is COc1ccc(COCc2cc(F)ccc2CN)cc1. The monoisotopic (exact) mass is 275 g/mol. The molecule has 0 aliphatic carbocycles. The van der Waals surface area contributed by atoms with E-state index >= 15 is 0 Å². The van der Waals surface area contributed by atoms with Crippen LogP contribution in [0.1, 0.15) is 16.7 Å². The van der Waals surface area contributed by atoms with Crippen LogP contribution in [0, 0.1) is 5.82 Å². The fourth-order valence-electron chi connectivity index (χ4n) is 1.93. The molecule has 0 aromatic heterocycles. The van der Waals surface area contributed by atoms with Gasteiger partial charge in [0.1, 0.15) is 11.6 Å². The molecule has 0 radical (unpaired) electrons. The summed E-state index contributed by atoms with van der Waals surface area (Å²) in [4.78, 5) is 0. The standard InChI is InChI=1S/C16H18FNO2/c1-19-16-6-2-12(3-7-16)10-20-11-14-8-15(17)5-4-13(14)9-18/h2-8H,9-11,18H2,1H3. The Morgan fingerprint density at radius 1 is 1.00 bits per heavy atom. The molecule has 0 aliphatic heterocycles. The van der Waals surface area contributed by atoms with Gasteiger partial charge in [0, 0.05) is 6.54 Å². The number of rotatable bonds is 6. The summed E-state index contributed by atoms with van der Waals surface area (Å²) in [6.07, 6.45) is 0. The molecular weight excluding hydrogens is 257 g/mol. The number of nitrogens with two attached hydrogens (primary N) is 1. The lowest BCUT2D eigenvalue weighted by atomic mass is 10.1. The number of hydrogen-bond acceptors (Lipinski definition) is 3. The fourth-order valence-corrected chi connectivity index (χ4v) is 1.93. The first-order valence-corrected chi connectivity index (χ1v) is 6.41. The topological polar surface area (TPSA) is 44.5 Å². The lowest BCUT2D eigenvalue weighted by molar-refractivity contribution is 0.106. The van der Waals surface area contributed by atoms with Gasteiger partial charge in [-0.25, -0.2) is 4.39 Å². The molecule has 3 nitrogen and oxygen atoms in total. The molecule has 0 spiro atoms. The van der Waals surface area contributed by atoms with Crippen molar-refractivity contribution in [3.8, 4) is 5.75 Å². The zero-order valence-corrected chi connectivity index (χ0v) is 11.4. The molecule has 0 saturated carbocycles. The molecule has 0 fully saturated rings. The van der Waals surface area contributed by atoms with Crippen molar-refractivity contribution in [2.45, 2.75) is 19.8 Å². The zero-order chi connectivity index (χ0) is 14.4. The number of halogens is 1. The second-order valence-electron chi connectivity index (χ2n) is 4.46. The molecule has 2 rings (SSSR count). The first kappa shape index (κ1) is 14.5. The van der Waals surface area contributed by atoms with Gasteiger partial charge in [0.25, 0.3) is 0 Å². The van der Waals surface area contributed by atoms with E-state index in [9.17, 15) is 4.39 Å². The quantitative estimate of drug-likeness (QED) is 0.881. The van der Waals surface area contributed by atoms with E-state index in [1.165, 1.54) is 12.1 Å². The third-order valence-corrected chi connectivity index (χ3v) is 3.07. The minimum atomic E-state index is -0.273. The Balaban J connectivity index is 1.93. The Hall–Kier alpha value is -1.91. The van der Waals surface area contributed by atoms with Crippen LogP contribution in [-0.2, 0) is 24.5 Å². The molecule has 2 aromatic rings. The molecule has 0 aliphatic rings. The summed E-state index contributed by atoms with van der Waals surface area (Å²) >= 11 is 0. The van der Waals surface area contributed by atoms with Crippen LogP contribution in [0.4, 0.5) is 4.39 Å². The highest BCUT2D eigenvalue weighted by Gasteiger charge is 2.03. The van der Waals surface area contributed by atoms with E-state index in [2.05, 4.69) is 0 Å². The van der Waals surface area contributed by atoms with Crippen LogP contribution in [0.15, 0.2) is 42.5 Å². The first-order chi connectivity index (χ1) is 9.72. The van der Waals surface area contributed by atoms with Crippen molar-refractivity contribution in [2.24, 2.45) is 5.73 Å². The van der Waals surface area contributed by atoms with Crippen LogP contribution in [0.2, 0.25) is 0 Å². The first-order valence-electron chi connectivity index (χ1n) is 6.41. The van der Waals surface area contributed by atoms with Gasteiger partial charge in [-0.2, -0.15) is 0 Å². The van der Waals surface area contributed by atoms with E-state index in [0.29, 0.717) is 19.8 Å². The number of hydrogen-bond donors (Lipinski definition) is 1. The maximum Gasteiger partial charge on any atom is 0.123 e. The Bertz CT molecular complexity index is 555. The summed E-state index contributed by atoms with van der Waals surface area (Å²) in [6, 6.07) is 12.2. The molecule has 0 amide bonds. The lowest BCUT2D eigenvalue weighted by Gasteiger charge is -2.09. The summed E-state index contributed by atoms with van der Waals surface area (Å²) in [7, 11) is 1.63. The number of methoxy groups -OCH3 is 1. The highest BCUT2D eigenvalue weighted by Crippen LogP contribution is 2.15. The summed E-state index contributed by atoms with van der Waals surface area (Å²) in [5.41, 5.74) is 8.36. The van der Waals surface area contributed by atoms with E-state index in [-0.39, 0.29) is 5.82 Å². The molecule has 2 N–H and O–H groups in total. The third kappa shape index (κ3) is 3.79. The van der Waals surface area contributed by atoms with E-state index in [4.69, 9.17) is 15.2 Å². The van der Waals surface area contributed by atoms with Crippen LogP contribution in [0.3, 0.4) is 0 Å². The van der Waals surface area contributed by atoms with Gasteiger partial charge in [-0.1, -0.05) is 18.2 Å². The predicted molar refractivity (Wildman–Crippen MR) is 75.8 cm³/mol. The molecule has 0 saturated heterocycles. The molecule has 106 valence electrons. The van der Waals surface area contributed by atoms with E-state index in [1.54, 1.807) is 13.2 Å². The smallest absolute Gasteiger partial charge is 0.123 e. The maximum atomic E-state index is 13.2. The average molecular weight is 275 g/mol. The second kappa shape index (κ2) is 7.03. The minimum Gasteiger partial charge on any atom is -0.497 e. The van der Waals surface area contributed by atoms with E-state index in [1.807, 2.05) is 24.3 Å². The molecule has 4 heteroatoms. The summed E-state index contributed by atoms with van der Waals surface area (Å²) in [5, 5.41) is 0. The van der Waals surface area contributed by atoms with Crippen LogP contribution in [0.25, 0.3) is 0 Å².